The summed E-state index contributed by atoms with van der Waals surface area (Å²) in [5.41, 5.74) is 0. The molecule has 1 rings (SSSR count). The third-order valence-corrected chi connectivity index (χ3v) is 3.16. The maximum absolute atomic E-state index is 8.69. The van der Waals surface area contributed by atoms with Crippen LogP contribution in [0.25, 0.3) is 0 Å². The minimum absolute atomic E-state index is 0.232. The quantitative estimate of drug-likeness (QED) is 0.515. The van der Waals surface area contributed by atoms with Crippen molar-refractivity contribution in [2.75, 3.05) is 12.4 Å². The lowest BCUT2D eigenvalue weighted by atomic mass is 10.2. The van der Waals surface area contributed by atoms with Crippen molar-refractivity contribution in [3.05, 3.63) is 16.5 Å². The Hall–Kier alpha value is -0.130. The molecule has 1 aromatic heterocycles. The average molecular weight is 291 g/mol. The van der Waals surface area contributed by atoms with Gasteiger partial charge in [0.15, 0.2) is 0 Å². The SMILES string of the molecule is CC(C)c1nc(Br)cc(SCCCO)n1. The fraction of sp³-hybridized carbons (Fsp3) is 0.600. The zero-order chi connectivity index (χ0) is 11.3. The van der Waals surface area contributed by atoms with Gasteiger partial charge in [0, 0.05) is 24.3 Å². The van der Waals surface area contributed by atoms with Crippen molar-refractivity contribution in [3.8, 4) is 0 Å². The lowest BCUT2D eigenvalue weighted by Gasteiger charge is -2.06. The van der Waals surface area contributed by atoms with Gasteiger partial charge in [-0.25, -0.2) is 9.97 Å². The first kappa shape index (κ1) is 12.9. The molecule has 0 saturated carbocycles. The third kappa shape index (κ3) is 4.49. The van der Waals surface area contributed by atoms with Gasteiger partial charge in [-0.15, -0.1) is 11.8 Å². The summed E-state index contributed by atoms with van der Waals surface area (Å²) in [5, 5.41) is 9.65. The van der Waals surface area contributed by atoms with Crippen molar-refractivity contribution in [1.82, 2.24) is 9.97 Å². The molecule has 0 spiro atoms. The number of aliphatic hydroxyl groups is 1. The first-order valence-corrected chi connectivity index (χ1v) is 6.69. The van der Waals surface area contributed by atoms with E-state index in [2.05, 4.69) is 39.7 Å². The van der Waals surface area contributed by atoms with Gasteiger partial charge in [0.05, 0.1) is 0 Å². The van der Waals surface area contributed by atoms with Crippen molar-refractivity contribution >= 4 is 27.7 Å². The molecule has 0 unspecified atom stereocenters. The summed E-state index contributed by atoms with van der Waals surface area (Å²) < 4.78 is 0.827. The van der Waals surface area contributed by atoms with Crippen molar-refractivity contribution in [3.63, 3.8) is 0 Å². The van der Waals surface area contributed by atoms with Crippen LogP contribution in [0.4, 0.5) is 0 Å². The zero-order valence-electron chi connectivity index (χ0n) is 8.90. The standard InChI is InChI=1S/C10H15BrN2OS/c1-7(2)10-12-8(11)6-9(13-10)15-5-3-4-14/h6-7,14H,3-5H2,1-2H3. The molecule has 0 radical (unpaired) electrons. The summed E-state index contributed by atoms with van der Waals surface area (Å²) in [4.78, 5) is 8.75. The minimum Gasteiger partial charge on any atom is -0.396 e. The van der Waals surface area contributed by atoms with Gasteiger partial charge in [0.25, 0.3) is 0 Å². The maximum Gasteiger partial charge on any atom is 0.133 e. The Morgan fingerprint density at radius 1 is 1.47 bits per heavy atom. The second-order valence-corrected chi connectivity index (χ2v) is 5.40. The molecule has 1 aromatic rings. The van der Waals surface area contributed by atoms with Crippen LogP contribution in [-0.2, 0) is 0 Å². The van der Waals surface area contributed by atoms with E-state index < -0.39 is 0 Å². The van der Waals surface area contributed by atoms with Crippen molar-refractivity contribution < 1.29 is 5.11 Å². The number of hydrogen-bond donors (Lipinski definition) is 1. The van der Waals surface area contributed by atoms with E-state index in [1.165, 1.54) is 0 Å². The van der Waals surface area contributed by atoms with Crippen LogP contribution in [0, 0.1) is 0 Å². The molecule has 0 aliphatic heterocycles. The van der Waals surface area contributed by atoms with Gasteiger partial charge in [-0.2, -0.15) is 0 Å². The van der Waals surface area contributed by atoms with E-state index in [1.54, 1.807) is 11.8 Å². The van der Waals surface area contributed by atoms with Gasteiger partial charge in [-0.3, -0.25) is 0 Å². The molecule has 1 heterocycles. The van der Waals surface area contributed by atoms with E-state index in [9.17, 15) is 0 Å². The first-order valence-electron chi connectivity index (χ1n) is 4.91. The number of hydrogen-bond acceptors (Lipinski definition) is 4. The topological polar surface area (TPSA) is 46.0 Å². The van der Waals surface area contributed by atoms with E-state index >= 15 is 0 Å². The van der Waals surface area contributed by atoms with Crippen LogP contribution in [0.5, 0.6) is 0 Å². The summed E-state index contributed by atoms with van der Waals surface area (Å²) in [6.07, 6.45) is 0.795. The molecule has 0 amide bonds. The van der Waals surface area contributed by atoms with Crippen LogP contribution >= 0.6 is 27.7 Å². The minimum atomic E-state index is 0.232. The molecule has 0 bridgehead atoms. The van der Waals surface area contributed by atoms with Crippen molar-refractivity contribution in [2.24, 2.45) is 0 Å². The summed E-state index contributed by atoms with van der Waals surface area (Å²) in [5.74, 6) is 2.08. The van der Waals surface area contributed by atoms with Crippen LogP contribution in [0.3, 0.4) is 0 Å². The molecular weight excluding hydrogens is 276 g/mol. The molecule has 0 aliphatic rings. The molecule has 0 atom stereocenters. The number of halogens is 1. The summed E-state index contributed by atoms with van der Waals surface area (Å²) in [6.45, 7) is 4.38. The lowest BCUT2D eigenvalue weighted by Crippen LogP contribution is -1.99. The lowest BCUT2D eigenvalue weighted by molar-refractivity contribution is 0.296. The third-order valence-electron chi connectivity index (χ3n) is 1.76. The number of nitrogens with zero attached hydrogens (tertiary/aromatic N) is 2. The van der Waals surface area contributed by atoms with Crippen molar-refractivity contribution in [1.29, 1.82) is 0 Å². The molecule has 0 saturated heterocycles. The number of aromatic nitrogens is 2. The summed E-state index contributed by atoms with van der Waals surface area (Å²) in [6, 6.07) is 1.91. The van der Waals surface area contributed by atoms with Crippen LogP contribution < -0.4 is 0 Å². The van der Waals surface area contributed by atoms with E-state index in [-0.39, 0.29) is 6.61 Å². The van der Waals surface area contributed by atoms with Crippen LogP contribution in [0.2, 0.25) is 0 Å². The normalized spacial score (nSPS) is 11.0. The van der Waals surface area contributed by atoms with E-state index in [1.807, 2.05) is 6.07 Å². The molecule has 3 nitrogen and oxygen atoms in total. The Morgan fingerprint density at radius 2 is 2.20 bits per heavy atom. The molecule has 1 N–H and O–H groups in total. The largest absolute Gasteiger partial charge is 0.396 e. The van der Waals surface area contributed by atoms with Gasteiger partial charge in [0.1, 0.15) is 15.5 Å². The van der Waals surface area contributed by atoms with Crippen LogP contribution in [-0.4, -0.2) is 27.4 Å². The molecule has 0 fully saturated rings. The molecule has 0 aliphatic carbocycles. The highest BCUT2D eigenvalue weighted by Crippen LogP contribution is 2.22. The Bertz CT molecular complexity index is 320. The number of rotatable bonds is 5. The monoisotopic (exact) mass is 290 g/mol. The number of thioether (sulfide) groups is 1. The van der Waals surface area contributed by atoms with Gasteiger partial charge < -0.3 is 5.11 Å². The summed E-state index contributed by atoms with van der Waals surface area (Å²) >= 11 is 5.03. The maximum atomic E-state index is 8.69. The predicted molar refractivity (Wildman–Crippen MR) is 66.2 cm³/mol. The highest BCUT2D eigenvalue weighted by molar-refractivity contribution is 9.10. The molecule has 15 heavy (non-hydrogen) atoms. The predicted octanol–water partition coefficient (Wildman–Crippen LogP) is 2.84. The molecular formula is C10H15BrN2OS. The van der Waals surface area contributed by atoms with Crippen LogP contribution in [0.1, 0.15) is 32.0 Å². The second kappa shape index (κ2) is 6.45. The average Bonchev–Trinajstić information content (AvgIpc) is 2.17. The fourth-order valence-corrected chi connectivity index (χ4v) is 2.37. The Balaban J connectivity index is 2.71. The fourth-order valence-electron chi connectivity index (χ4n) is 0.987. The van der Waals surface area contributed by atoms with Gasteiger partial charge >= 0.3 is 0 Å². The van der Waals surface area contributed by atoms with Crippen molar-refractivity contribution in [2.45, 2.75) is 31.2 Å². The molecule has 84 valence electrons. The Labute approximate surface area is 103 Å². The van der Waals surface area contributed by atoms with Crippen LogP contribution in [0.15, 0.2) is 15.7 Å². The zero-order valence-corrected chi connectivity index (χ0v) is 11.3. The van der Waals surface area contributed by atoms with Gasteiger partial charge in [-0.05, 0) is 22.4 Å². The van der Waals surface area contributed by atoms with E-state index in [4.69, 9.17) is 5.11 Å². The number of aliphatic hydroxyl groups excluding tert-OH is 1. The summed E-state index contributed by atoms with van der Waals surface area (Å²) in [7, 11) is 0. The molecule has 5 heteroatoms. The first-order chi connectivity index (χ1) is 7.13. The van der Waals surface area contributed by atoms with Gasteiger partial charge in [0.2, 0.25) is 0 Å². The van der Waals surface area contributed by atoms with E-state index in [0.717, 1.165) is 27.6 Å². The highest BCUT2D eigenvalue weighted by Gasteiger charge is 2.06. The molecule has 0 aromatic carbocycles. The van der Waals surface area contributed by atoms with Gasteiger partial charge in [-0.1, -0.05) is 13.8 Å². The Kier molecular flexibility index (Phi) is 5.56. The second-order valence-electron chi connectivity index (χ2n) is 3.47. The highest BCUT2D eigenvalue weighted by atomic mass is 79.9. The smallest absolute Gasteiger partial charge is 0.133 e. The van der Waals surface area contributed by atoms with E-state index in [0.29, 0.717) is 5.92 Å². The Morgan fingerprint density at radius 3 is 2.80 bits per heavy atom.